The van der Waals surface area contributed by atoms with Crippen LogP contribution in [0.3, 0.4) is 0 Å². The molecule has 2 N–H and O–H groups in total. The second-order valence-electron chi connectivity index (χ2n) is 6.77. The van der Waals surface area contributed by atoms with Crippen molar-refractivity contribution >= 4 is 12.1 Å². The van der Waals surface area contributed by atoms with E-state index in [1.165, 1.54) is 0 Å². The van der Waals surface area contributed by atoms with E-state index in [1.807, 2.05) is 30.3 Å². The fourth-order valence-electron chi connectivity index (χ4n) is 2.25. The minimum atomic E-state index is -1.12. The maximum atomic E-state index is 11.8. The van der Waals surface area contributed by atoms with Gasteiger partial charge in [0.05, 0.1) is 12.7 Å². The summed E-state index contributed by atoms with van der Waals surface area (Å²) in [6, 6.07) is 8.74. The normalized spacial score (nSPS) is 12.4. The largest absolute Gasteiger partial charge is 0.480 e. The molecule has 1 atom stereocenters. The Morgan fingerprint density at radius 1 is 1.24 bits per heavy atom. The Morgan fingerprint density at radius 2 is 1.92 bits per heavy atom. The summed E-state index contributed by atoms with van der Waals surface area (Å²) in [5.41, 5.74) is 1.13. The summed E-state index contributed by atoms with van der Waals surface area (Å²) in [6.07, 6.45) is 2.76. The molecule has 0 saturated heterocycles. The standard InChI is InChI=1S/C18H23N3O4/c1-18(2,3)25-17(24)20-15(16(22)23)9-14-10-19-21(12-14)11-13-7-5-4-6-8-13/h4-8,10,12,15H,9,11H2,1-3H3,(H,20,24)(H,22,23)/t15-/m0/s1. The van der Waals surface area contributed by atoms with Crippen molar-refractivity contribution in [1.29, 1.82) is 0 Å². The number of hydrogen-bond acceptors (Lipinski definition) is 4. The molecule has 1 amide bonds. The van der Waals surface area contributed by atoms with Crippen molar-refractivity contribution in [2.75, 3.05) is 0 Å². The molecule has 7 nitrogen and oxygen atoms in total. The zero-order chi connectivity index (χ0) is 18.4. The van der Waals surface area contributed by atoms with Crippen LogP contribution in [0.5, 0.6) is 0 Å². The first-order valence-electron chi connectivity index (χ1n) is 8.00. The van der Waals surface area contributed by atoms with Gasteiger partial charge in [-0.15, -0.1) is 0 Å². The fourth-order valence-corrected chi connectivity index (χ4v) is 2.25. The molecule has 0 radical (unpaired) electrons. The minimum Gasteiger partial charge on any atom is -0.480 e. The lowest BCUT2D eigenvalue weighted by Crippen LogP contribution is -2.44. The maximum absolute atomic E-state index is 11.8. The SMILES string of the molecule is CC(C)(C)OC(=O)N[C@@H](Cc1cnn(Cc2ccccc2)c1)C(=O)O. The quantitative estimate of drug-likeness (QED) is 0.839. The molecule has 1 aromatic heterocycles. The van der Waals surface area contributed by atoms with E-state index < -0.39 is 23.7 Å². The van der Waals surface area contributed by atoms with Crippen LogP contribution in [0.15, 0.2) is 42.7 Å². The Balaban J connectivity index is 1.98. The Bertz CT molecular complexity index is 719. The van der Waals surface area contributed by atoms with Gasteiger partial charge in [-0.2, -0.15) is 5.10 Å². The Kier molecular flexibility index (Phi) is 5.80. The molecule has 0 unspecified atom stereocenters. The first kappa shape index (κ1) is 18.5. The molecule has 1 aromatic carbocycles. The molecule has 0 saturated carbocycles. The van der Waals surface area contributed by atoms with Crippen molar-refractivity contribution < 1.29 is 19.4 Å². The second kappa shape index (κ2) is 7.83. The number of carboxylic acids is 1. The minimum absolute atomic E-state index is 0.128. The van der Waals surface area contributed by atoms with E-state index in [1.54, 1.807) is 37.8 Å². The molecule has 0 aliphatic heterocycles. The van der Waals surface area contributed by atoms with Crippen LogP contribution >= 0.6 is 0 Å². The molecule has 134 valence electrons. The van der Waals surface area contributed by atoms with Crippen molar-refractivity contribution in [3.63, 3.8) is 0 Å². The number of rotatable bonds is 6. The summed E-state index contributed by atoms with van der Waals surface area (Å²) in [7, 11) is 0. The number of ether oxygens (including phenoxy) is 1. The molecule has 0 aliphatic carbocycles. The van der Waals surface area contributed by atoms with Gasteiger partial charge in [0.1, 0.15) is 11.6 Å². The van der Waals surface area contributed by atoms with Crippen LogP contribution in [0.2, 0.25) is 0 Å². The van der Waals surface area contributed by atoms with Crippen molar-refractivity contribution in [2.45, 2.75) is 45.4 Å². The zero-order valence-electron chi connectivity index (χ0n) is 14.6. The average molecular weight is 345 g/mol. The number of carboxylic acid groups (broad SMARTS) is 1. The van der Waals surface area contributed by atoms with Crippen LogP contribution in [-0.2, 0) is 22.5 Å². The number of hydrogen-bond donors (Lipinski definition) is 2. The predicted molar refractivity (Wildman–Crippen MR) is 92.3 cm³/mol. The van der Waals surface area contributed by atoms with Crippen molar-refractivity contribution in [3.05, 3.63) is 53.9 Å². The van der Waals surface area contributed by atoms with Gasteiger partial charge in [-0.1, -0.05) is 30.3 Å². The average Bonchev–Trinajstić information content (AvgIpc) is 2.92. The summed E-state index contributed by atoms with van der Waals surface area (Å²) in [5, 5.41) is 16.0. The van der Waals surface area contributed by atoms with E-state index in [2.05, 4.69) is 10.4 Å². The molecular weight excluding hydrogens is 322 g/mol. The highest BCUT2D eigenvalue weighted by Gasteiger charge is 2.24. The maximum Gasteiger partial charge on any atom is 0.408 e. The number of aliphatic carboxylic acids is 1. The predicted octanol–water partition coefficient (Wildman–Crippen LogP) is 2.45. The van der Waals surface area contributed by atoms with Crippen LogP contribution in [-0.4, -0.2) is 38.6 Å². The van der Waals surface area contributed by atoms with E-state index >= 15 is 0 Å². The molecule has 0 spiro atoms. The number of carbonyl (C=O) groups excluding carboxylic acids is 1. The third-order valence-electron chi connectivity index (χ3n) is 3.30. The van der Waals surface area contributed by atoms with Gasteiger partial charge in [0.15, 0.2) is 0 Å². The van der Waals surface area contributed by atoms with E-state index in [9.17, 15) is 14.7 Å². The van der Waals surface area contributed by atoms with Crippen molar-refractivity contribution in [2.24, 2.45) is 0 Å². The molecule has 0 aliphatic rings. The van der Waals surface area contributed by atoms with Crippen LogP contribution in [0.25, 0.3) is 0 Å². The summed E-state index contributed by atoms with van der Waals surface area (Å²) in [5.74, 6) is -1.12. The van der Waals surface area contributed by atoms with E-state index in [4.69, 9.17) is 4.74 Å². The number of benzene rings is 1. The number of nitrogens with one attached hydrogen (secondary N) is 1. The molecule has 2 rings (SSSR count). The Labute approximate surface area is 146 Å². The molecule has 25 heavy (non-hydrogen) atoms. The van der Waals surface area contributed by atoms with E-state index in [0.717, 1.165) is 11.1 Å². The monoisotopic (exact) mass is 345 g/mol. The fraction of sp³-hybridized carbons (Fsp3) is 0.389. The lowest BCUT2D eigenvalue weighted by molar-refractivity contribution is -0.139. The smallest absolute Gasteiger partial charge is 0.408 e. The van der Waals surface area contributed by atoms with Crippen LogP contribution in [0, 0.1) is 0 Å². The van der Waals surface area contributed by atoms with Gasteiger partial charge in [-0.3, -0.25) is 4.68 Å². The number of amides is 1. The topological polar surface area (TPSA) is 93.5 Å². The molecule has 0 fully saturated rings. The van der Waals surface area contributed by atoms with E-state index in [-0.39, 0.29) is 6.42 Å². The lowest BCUT2D eigenvalue weighted by Gasteiger charge is -2.21. The van der Waals surface area contributed by atoms with Crippen molar-refractivity contribution in [3.8, 4) is 0 Å². The molecule has 7 heteroatoms. The third-order valence-corrected chi connectivity index (χ3v) is 3.30. The highest BCUT2D eigenvalue weighted by Crippen LogP contribution is 2.09. The molecule has 0 bridgehead atoms. The van der Waals surface area contributed by atoms with Gasteiger partial charge in [-0.25, -0.2) is 9.59 Å². The van der Waals surface area contributed by atoms with Crippen LogP contribution in [0.1, 0.15) is 31.9 Å². The lowest BCUT2D eigenvalue weighted by atomic mass is 10.1. The van der Waals surface area contributed by atoms with Gasteiger partial charge >= 0.3 is 12.1 Å². The molecule has 1 heterocycles. The third kappa shape index (κ3) is 6.29. The first-order valence-corrected chi connectivity index (χ1v) is 8.00. The molecular formula is C18H23N3O4. The van der Waals surface area contributed by atoms with Gasteiger partial charge in [0, 0.05) is 12.6 Å². The van der Waals surface area contributed by atoms with E-state index in [0.29, 0.717) is 6.54 Å². The number of aromatic nitrogens is 2. The number of nitrogens with zero attached hydrogens (tertiary/aromatic N) is 2. The highest BCUT2D eigenvalue weighted by molar-refractivity contribution is 5.80. The number of alkyl carbamates (subject to hydrolysis) is 1. The number of carbonyl (C=O) groups is 2. The van der Waals surface area contributed by atoms with Gasteiger partial charge in [-0.05, 0) is 31.9 Å². The molecule has 2 aromatic rings. The summed E-state index contributed by atoms with van der Waals surface area (Å²) >= 11 is 0. The Hall–Kier alpha value is -2.83. The summed E-state index contributed by atoms with van der Waals surface area (Å²) in [6.45, 7) is 5.75. The van der Waals surface area contributed by atoms with Gasteiger partial charge < -0.3 is 15.2 Å². The second-order valence-corrected chi connectivity index (χ2v) is 6.77. The van der Waals surface area contributed by atoms with Crippen LogP contribution in [0.4, 0.5) is 4.79 Å². The summed E-state index contributed by atoms with van der Waals surface area (Å²) in [4.78, 5) is 23.2. The highest BCUT2D eigenvalue weighted by atomic mass is 16.6. The zero-order valence-corrected chi connectivity index (χ0v) is 14.6. The summed E-state index contributed by atoms with van der Waals surface area (Å²) < 4.78 is 6.84. The first-order chi connectivity index (χ1) is 11.7. The van der Waals surface area contributed by atoms with Crippen molar-refractivity contribution in [1.82, 2.24) is 15.1 Å². The van der Waals surface area contributed by atoms with Crippen LogP contribution < -0.4 is 5.32 Å². The van der Waals surface area contributed by atoms with Gasteiger partial charge in [0.25, 0.3) is 0 Å². The Morgan fingerprint density at radius 3 is 2.52 bits per heavy atom. The van der Waals surface area contributed by atoms with Gasteiger partial charge in [0.2, 0.25) is 0 Å².